The fourth-order valence-corrected chi connectivity index (χ4v) is 3.40. The molecular weight excluding hydrogens is 319 g/mol. The van der Waals surface area contributed by atoms with Crippen LogP contribution in [0.5, 0.6) is 0 Å². The number of hydrogen-bond donors (Lipinski definition) is 2. The van der Waals surface area contributed by atoms with Crippen LogP contribution < -0.4 is 10.9 Å². The van der Waals surface area contributed by atoms with E-state index in [1.807, 2.05) is 29.2 Å². The largest absolute Gasteiger partial charge is 0.351 e. The summed E-state index contributed by atoms with van der Waals surface area (Å²) in [7, 11) is 0. The molecule has 0 aliphatic heterocycles. The van der Waals surface area contributed by atoms with Gasteiger partial charge >= 0.3 is 0 Å². The summed E-state index contributed by atoms with van der Waals surface area (Å²) in [5.41, 5.74) is 3.80. The molecule has 1 aliphatic carbocycles. The van der Waals surface area contributed by atoms with Crippen molar-refractivity contribution in [3.8, 4) is 11.1 Å². The third kappa shape index (κ3) is 2.63. The first kappa shape index (κ1) is 15.3. The molecule has 0 bridgehead atoms. The zero-order valence-corrected chi connectivity index (χ0v) is 13.3. The maximum absolute atomic E-state index is 13.0. The van der Waals surface area contributed by atoms with Crippen molar-refractivity contribution in [1.82, 2.24) is 10.3 Å². The minimum atomic E-state index is -0.764. The molecule has 0 saturated heterocycles. The smallest absolute Gasteiger partial charge is 0.262 e. The van der Waals surface area contributed by atoms with Gasteiger partial charge in [-0.2, -0.15) is 4.39 Å². The SMILES string of the molecule is O=C(NCC1c2ccccc2-c2ccccc21)c1ccc(F)[nH]c1=O. The van der Waals surface area contributed by atoms with Gasteiger partial charge in [-0.3, -0.25) is 14.6 Å². The van der Waals surface area contributed by atoms with Crippen molar-refractivity contribution in [1.29, 1.82) is 0 Å². The molecule has 2 aromatic carbocycles. The summed E-state index contributed by atoms with van der Waals surface area (Å²) in [4.78, 5) is 26.0. The van der Waals surface area contributed by atoms with Crippen LogP contribution in [-0.2, 0) is 0 Å². The first-order chi connectivity index (χ1) is 12.1. The van der Waals surface area contributed by atoms with Gasteiger partial charge in [-0.15, -0.1) is 0 Å². The highest BCUT2D eigenvalue weighted by Gasteiger charge is 2.28. The Kier molecular flexibility index (Phi) is 3.69. The first-order valence-corrected chi connectivity index (χ1v) is 8.00. The van der Waals surface area contributed by atoms with Crippen LogP contribution in [0.4, 0.5) is 4.39 Å². The predicted molar refractivity (Wildman–Crippen MR) is 93.1 cm³/mol. The molecule has 124 valence electrons. The maximum Gasteiger partial charge on any atom is 0.262 e. The second-order valence-electron chi connectivity index (χ2n) is 5.99. The Hall–Kier alpha value is -3.21. The molecule has 0 fully saturated rings. The van der Waals surface area contributed by atoms with Crippen LogP contribution in [-0.4, -0.2) is 17.4 Å². The number of halogens is 1. The van der Waals surface area contributed by atoms with E-state index in [1.54, 1.807) is 0 Å². The monoisotopic (exact) mass is 334 g/mol. The third-order valence-corrected chi connectivity index (χ3v) is 4.55. The summed E-state index contributed by atoms with van der Waals surface area (Å²) in [5.74, 6) is -1.25. The third-order valence-electron chi connectivity index (χ3n) is 4.55. The van der Waals surface area contributed by atoms with Crippen molar-refractivity contribution in [3.63, 3.8) is 0 Å². The molecule has 1 aliphatic rings. The molecule has 0 unspecified atom stereocenters. The first-order valence-electron chi connectivity index (χ1n) is 8.00. The zero-order valence-electron chi connectivity index (χ0n) is 13.3. The van der Waals surface area contributed by atoms with E-state index in [1.165, 1.54) is 6.07 Å². The number of carbonyl (C=O) groups excluding carboxylic acids is 1. The number of aromatic amines is 1. The molecule has 4 rings (SSSR count). The topological polar surface area (TPSA) is 62.0 Å². The van der Waals surface area contributed by atoms with Crippen LogP contribution >= 0.6 is 0 Å². The molecule has 1 heterocycles. The number of amides is 1. The van der Waals surface area contributed by atoms with Crippen LogP contribution in [0.25, 0.3) is 11.1 Å². The number of hydrogen-bond acceptors (Lipinski definition) is 2. The minimum Gasteiger partial charge on any atom is -0.351 e. The van der Waals surface area contributed by atoms with Crippen molar-refractivity contribution in [2.24, 2.45) is 0 Å². The number of H-pyrrole nitrogens is 1. The number of aromatic nitrogens is 1. The van der Waals surface area contributed by atoms with Gasteiger partial charge in [0.2, 0.25) is 0 Å². The van der Waals surface area contributed by atoms with Gasteiger partial charge in [0.25, 0.3) is 11.5 Å². The highest BCUT2D eigenvalue weighted by atomic mass is 19.1. The van der Waals surface area contributed by atoms with Crippen molar-refractivity contribution in [2.75, 3.05) is 6.54 Å². The van der Waals surface area contributed by atoms with Gasteiger partial charge in [0.05, 0.1) is 0 Å². The molecule has 0 radical (unpaired) electrons. The van der Waals surface area contributed by atoms with Crippen molar-refractivity contribution < 1.29 is 9.18 Å². The Balaban J connectivity index is 1.61. The average Bonchev–Trinajstić information content (AvgIpc) is 2.94. The van der Waals surface area contributed by atoms with E-state index < -0.39 is 17.4 Å². The van der Waals surface area contributed by atoms with Gasteiger partial charge in [-0.25, -0.2) is 0 Å². The molecule has 0 saturated carbocycles. The van der Waals surface area contributed by atoms with Gasteiger partial charge in [-0.05, 0) is 34.4 Å². The fourth-order valence-electron chi connectivity index (χ4n) is 3.40. The van der Waals surface area contributed by atoms with Gasteiger partial charge in [0.15, 0.2) is 5.95 Å². The molecule has 4 nitrogen and oxygen atoms in total. The normalized spacial score (nSPS) is 12.5. The average molecular weight is 334 g/mol. The Morgan fingerprint density at radius 2 is 1.56 bits per heavy atom. The predicted octanol–water partition coefficient (Wildman–Crippen LogP) is 3.06. The van der Waals surface area contributed by atoms with Crippen molar-refractivity contribution in [2.45, 2.75) is 5.92 Å². The van der Waals surface area contributed by atoms with Crippen LogP contribution in [0.2, 0.25) is 0 Å². The van der Waals surface area contributed by atoms with Gasteiger partial charge < -0.3 is 5.32 Å². The number of pyridine rings is 1. The van der Waals surface area contributed by atoms with Gasteiger partial charge in [0.1, 0.15) is 5.56 Å². The number of benzene rings is 2. The van der Waals surface area contributed by atoms with Crippen LogP contribution in [0.15, 0.2) is 65.5 Å². The van der Waals surface area contributed by atoms with Crippen LogP contribution in [0, 0.1) is 5.95 Å². The summed E-state index contributed by atoms with van der Waals surface area (Å²) in [6.07, 6.45) is 0. The lowest BCUT2D eigenvalue weighted by Crippen LogP contribution is -2.32. The standard InChI is InChI=1S/C20H15FN2O2/c21-18-10-9-16(20(25)23-18)19(24)22-11-17-14-7-3-1-5-12(14)13-6-2-4-8-15(13)17/h1-10,17H,11H2,(H,22,24)(H,23,25). The lowest BCUT2D eigenvalue weighted by molar-refractivity contribution is 0.0951. The lowest BCUT2D eigenvalue weighted by atomic mass is 9.97. The van der Waals surface area contributed by atoms with E-state index in [2.05, 4.69) is 29.6 Å². The summed E-state index contributed by atoms with van der Waals surface area (Å²) >= 11 is 0. The molecule has 1 amide bonds. The van der Waals surface area contributed by atoms with Gasteiger partial charge in [-0.1, -0.05) is 48.5 Å². The summed E-state index contributed by atoms with van der Waals surface area (Å²) in [6, 6.07) is 18.4. The molecule has 0 spiro atoms. The number of rotatable bonds is 3. The molecular formula is C20H15FN2O2. The molecule has 3 aromatic rings. The number of fused-ring (bicyclic) bond motifs is 3. The number of carbonyl (C=O) groups is 1. The van der Waals surface area contributed by atoms with E-state index in [-0.39, 0.29) is 11.5 Å². The quantitative estimate of drug-likeness (QED) is 0.723. The van der Waals surface area contributed by atoms with Crippen molar-refractivity contribution in [3.05, 3.63) is 93.7 Å². The van der Waals surface area contributed by atoms with Crippen LogP contribution in [0.3, 0.4) is 0 Å². The van der Waals surface area contributed by atoms with Crippen molar-refractivity contribution >= 4 is 5.91 Å². The molecule has 25 heavy (non-hydrogen) atoms. The molecule has 2 N–H and O–H groups in total. The van der Waals surface area contributed by atoms with E-state index in [0.29, 0.717) is 6.54 Å². The zero-order chi connectivity index (χ0) is 17.4. The Labute approximate surface area is 143 Å². The molecule has 5 heteroatoms. The van der Waals surface area contributed by atoms with E-state index in [0.717, 1.165) is 28.3 Å². The minimum absolute atomic E-state index is 0.0240. The highest BCUT2D eigenvalue weighted by Crippen LogP contribution is 2.44. The summed E-state index contributed by atoms with van der Waals surface area (Å²) in [6.45, 7) is 0.365. The lowest BCUT2D eigenvalue weighted by Gasteiger charge is -2.14. The fraction of sp³-hybridized carbons (Fsp3) is 0.100. The van der Waals surface area contributed by atoms with E-state index in [4.69, 9.17) is 0 Å². The second-order valence-corrected chi connectivity index (χ2v) is 5.99. The van der Waals surface area contributed by atoms with Gasteiger partial charge in [0, 0.05) is 12.5 Å². The Morgan fingerprint density at radius 1 is 0.960 bits per heavy atom. The number of nitrogens with one attached hydrogen (secondary N) is 2. The van der Waals surface area contributed by atoms with E-state index in [9.17, 15) is 14.0 Å². The van der Waals surface area contributed by atoms with E-state index >= 15 is 0 Å². The maximum atomic E-state index is 13.0. The van der Waals surface area contributed by atoms with Crippen LogP contribution in [0.1, 0.15) is 27.4 Å². The summed E-state index contributed by atoms with van der Waals surface area (Å²) < 4.78 is 13.0. The Bertz CT molecular complexity index is 980. The second kappa shape index (κ2) is 6.02. The summed E-state index contributed by atoms with van der Waals surface area (Å²) in [5, 5.41) is 2.80. The highest BCUT2D eigenvalue weighted by molar-refractivity contribution is 5.94. The molecule has 1 aromatic heterocycles. The molecule has 0 atom stereocenters. The Morgan fingerprint density at radius 3 is 2.16 bits per heavy atom.